The van der Waals surface area contributed by atoms with Gasteiger partial charge in [0.1, 0.15) is 23.7 Å². The predicted molar refractivity (Wildman–Crippen MR) is 142 cm³/mol. The third-order valence-corrected chi connectivity index (χ3v) is 8.60. The van der Waals surface area contributed by atoms with Crippen LogP contribution in [0.15, 0.2) is 30.6 Å². The molecular formula is C28H35FN6O3. The summed E-state index contributed by atoms with van der Waals surface area (Å²) in [5.74, 6) is 0.461. The van der Waals surface area contributed by atoms with E-state index in [1.54, 1.807) is 6.07 Å². The molecule has 0 bridgehead atoms. The maximum Gasteiger partial charge on any atom is 0.241 e. The number of hydrogen-bond acceptors (Lipinski definition) is 8. The van der Waals surface area contributed by atoms with Crippen molar-refractivity contribution in [2.24, 2.45) is 5.92 Å². The molecule has 4 fully saturated rings. The van der Waals surface area contributed by atoms with Crippen LogP contribution in [0.3, 0.4) is 0 Å². The molecule has 3 atom stereocenters. The molecule has 202 valence electrons. The third kappa shape index (κ3) is 4.53. The Morgan fingerprint density at radius 3 is 2.61 bits per heavy atom. The van der Waals surface area contributed by atoms with E-state index in [4.69, 9.17) is 14.5 Å². The van der Waals surface area contributed by atoms with Gasteiger partial charge in [-0.1, -0.05) is 6.07 Å². The van der Waals surface area contributed by atoms with Gasteiger partial charge in [0.25, 0.3) is 0 Å². The topological polar surface area (TPSA) is 87.9 Å². The smallest absolute Gasteiger partial charge is 0.241 e. The molecule has 2 aromatic heterocycles. The summed E-state index contributed by atoms with van der Waals surface area (Å²) in [4.78, 5) is 14.1. The first-order chi connectivity index (χ1) is 18.5. The highest BCUT2D eigenvalue weighted by atomic mass is 19.1. The van der Waals surface area contributed by atoms with Crippen LogP contribution < -0.4 is 15.0 Å². The Labute approximate surface area is 221 Å². The minimum Gasteiger partial charge on any atom is -0.473 e. The number of nitrogens with zero attached hydrogens (tertiary/aromatic N) is 5. The van der Waals surface area contributed by atoms with E-state index >= 15 is 4.39 Å². The third-order valence-electron chi connectivity index (χ3n) is 8.60. The van der Waals surface area contributed by atoms with E-state index in [-0.39, 0.29) is 17.8 Å². The van der Waals surface area contributed by atoms with Crippen molar-refractivity contribution in [2.75, 3.05) is 50.8 Å². The average molecular weight is 523 g/mol. The van der Waals surface area contributed by atoms with Crippen LogP contribution in [0.4, 0.5) is 10.1 Å². The summed E-state index contributed by atoms with van der Waals surface area (Å²) in [5, 5.41) is 13.0. The van der Waals surface area contributed by atoms with Crippen molar-refractivity contribution in [3.05, 3.63) is 36.4 Å². The molecule has 10 heteroatoms. The van der Waals surface area contributed by atoms with Crippen molar-refractivity contribution in [3.8, 4) is 17.1 Å². The minimum atomic E-state index is -0.501. The average Bonchev–Trinajstić information content (AvgIpc) is 3.48. The Morgan fingerprint density at radius 1 is 1.13 bits per heavy atom. The lowest BCUT2D eigenvalue weighted by Crippen LogP contribution is -2.56. The maximum absolute atomic E-state index is 15.5. The summed E-state index contributed by atoms with van der Waals surface area (Å²) >= 11 is 0. The van der Waals surface area contributed by atoms with E-state index in [1.165, 1.54) is 0 Å². The van der Waals surface area contributed by atoms with E-state index in [1.807, 2.05) is 31.5 Å². The van der Waals surface area contributed by atoms with Crippen molar-refractivity contribution in [2.45, 2.75) is 50.6 Å². The zero-order valence-corrected chi connectivity index (χ0v) is 21.7. The number of aliphatic hydroxyl groups is 1. The lowest BCUT2D eigenvalue weighted by Gasteiger charge is -2.43. The van der Waals surface area contributed by atoms with Gasteiger partial charge in [-0.3, -0.25) is 10.2 Å². The van der Waals surface area contributed by atoms with Crippen LogP contribution in [-0.2, 0) is 4.74 Å². The highest BCUT2D eigenvalue weighted by Gasteiger charge is 2.32. The summed E-state index contributed by atoms with van der Waals surface area (Å²) in [6.07, 6.45) is 4.11. The van der Waals surface area contributed by atoms with E-state index in [0.717, 1.165) is 63.3 Å². The summed E-state index contributed by atoms with van der Waals surface area (Å²) in [6.45, 7) is 7.78. The number of rotatable bonds is 7. The number of hydrogen-bond donors (Lipinski definition) is 2. The second kappa shape index (κ2) is 9.75. The van der Waals surface area contributed by atoms with Crippen molar-refractivity contribution in [3.63, 3.8) is 0 Å². The quantitative estimate of drug-likeness (QED) is 0.490. The number of nitrogens with one attached hydrogen (secondary N) is 1. The summed E-state index contributed by atoms with van der Waals surface area (Å²) in [5.41, 5.74) is 3.67. The van der Waals surface area contributed by atoms with Gasteiger partial charge < -0.3 is 24.0 Å². The lowest BCUT2D eigenvalue weighted by molar-refractivity contribution is -0.0660. The van der Waals surface area contributed by atoms with E-state index in [9.17, 15) is 5.11 Å². The number of anilines is 1. The largest absolute Gasteiger partial charge is 0.473 e. The number of imidazole rings is 1. The molecule has 4 aliphatic rings. The van der Waals surface area contributed by atoms with Crippen LogP contribution in [0.25, 0.3) is 22.3 Å². The molecule has 2 N–H and O–H groups in total. The van der Waals surface area contributed by atoms with Crippen LogP contribution in [0.2, 0.25) is 0 Å². The molecule has 9 nitrogen and oxygen atoms in total. The molecular weight excluding hydrogens is 487 g/mol. The van der Waals surface area contributed by atoms with E-state index in [0.29, 0.717) is 47.9 Å². The highest BCUT2D eigenvalue weighted by molar-refractivity contribution is 5.85. The van der Waals surface area contributed by atoms with E-state index < -0.39 is 6.23 Å². The number of fused-ring (bicyclic) bond motifs is 1. The number of aromatic nitrogens is 3. The Kier molecular flexibility index (Phi) is 6.23. The molecule has 0 spiro atoms. The van der Waals surface area contributed by atoms with Crippen LogP contribution in [0, 0.1) is 11.7 Å². The van der Waals surface area contributed by atoms with E-state index in [2.05, 4.69) is 24.7 Å². The summed E-state index contributed by atoms with van der Waals surface area (Å²) < 4.78 is 29.4. The summed E-state index contributed by atoms with van der Waals surface area (Å²) in [6, 6.07) is 8.27. The Hall–Kier alpha value is -2.79. The molecule has 5 heterocycles. The maximum atomic E-state index is 15.5. The molecule has 1 saturated carbocycles. The van der Waals surface area contributed by atoms with Gasteiger partial charge in [-0.2, -0.15) is 0 Å². The first kappa shape index (κ1) is 24.3. The van der Waals surface area contributed by atoms with Crippen molar-refractivity contribution < 1.29 is 19.0 Å². The van der Waals surface area contributed by atoms with Crippen molar-refractivity contribution in [1.82, 2.24) is 24.8 Å². The molecule has 0 radical (unpaired) electrons. The molecule has 0 amide bonds. The fraction of sp³-hybridized carbons (Fsp3) is 0.571. The molecule has 3 saturated heterocycles. The Morgan fingerprint density at radius 2 is 1.95 bits per heavy atom. The second-order valence-electron chi connectivity index (χ2n) is 11.2. The molecule has 7 rings (SSSR count). The van der Waals surface area contributed by atoms with Gasteiger partial charge in [0.05, 0.1) is 42.5 Å². The fourth-order valence-electron chi connectivity index (χ4n) is 5.94. The van der Waals surface area contributed by atoms with Gasteiger partial charge in [-0.05, 0) is 44.4 Å². The zero-order chi connectivity index (χ0) is 25.8. The standard InChI is InChI=1S/C28H35FN6O3/c1-17(19-11-26(36)30-13-19)38-28-27-24(31-16-35(27)20-3-4-20)12-23(32-28)18-2-5-25(22(29)10-18)34-8-6-33(7-9-34)21-14-37-15-21/h2,5,10,12,16-17,19-21,26,30,36H,3-4,6-9,11,13-15H2,1H3/t17-,19-,26?/m1/s1. The number of aliphatic hydroxyl groups excluding tert-OH is 1. The zero-order valence-electron chi connectivity index (χ0n) is 21.7. The highest BCUT2D eigenvalue weighted by Crippen LogP contribution is 2.41. The van der Waals surface area contributed by atoms with Gasteiger partial charge in [-0.25, -0.2) is 14.4 Å². The normalized spacial score (nSPS) is 25.6. The monoisotopic (exact) mass is 522 g/mol. The SMILES string of the molecule is C[C@@H](Oc1nc(-c2ccc(N3CCN(C4COC4)CC3)c(F)c2)cc2ncn(C3CC3)c12)[C@H]1CNC(O)C1. The first-order valence-electron chi connectivity index (χ1n) is 13.9. The van der Waals surface area contributed by atoms with Crippen LogP contribution >= 0.6 is 0 Å². The van der Waals surface area contributed by atoms with Gasteiger partial charge in [-0.15, -0.1) is 0 Å². The van der Waals surface area contributed by atoms with Crippen LogP contribution in [0.5, 0.6) is 5.88 Å². The van der Waals surface area contributed by atoms with Gasteiger partial charge in [0, 0.05) is 50.2 Å². The molecule has 3 aliphatic heterocycles. The predicted octanol–water partition coefficient (Wildman–Crippen LogP) is 2.79. The number of piperazine rings is 1. The van der Waals surface area contributed by atoms with Gasteiger partial charge in [0.2, 0.25) is 5.88 Å². The minimum absolute atomic E-state index is 0.141. The number of pyridine rings is 1. The van der Waals surface area contributed by atoms with Gasteiger partial charge >= 0.3 is 0 Å². The lowest BCUT2D eigenvalue weighted by atomic mass is 10.0. The molecule has 1 aromatic carbocycles. The number of halogens is 1. The molecule has 1 aliphatic carbocycles. The first-order valence-corrected chi connectivity index (χ1v) is 13.9. The Balaban J connectivity index is 1.16. The molecule has 1 unspecified atom stereocenters. The van der Waals surface area contributed by atoms with Crippen LogP contribution in [-0.4, -0.2) is 88.9 Å². The summed E-state index contributed by atoms with van der Waals surface area (Å²) in [7, 11) is 0. The Bertz CT molecular complexity index is 1320. The number of benzene rings is 1. The second-order valence-corrected chi connectivity index (χ2v) is 11.2. The fourth-order valence-corrected chi connectivity index (χ4v) is 5.94. The van der Waals surface area contributed by atoms with Crippen molar-refractivity contribution >= 4 is 16.7 Å². The number of ether oxygens (including phenoxy) is 2. The van der Waals surface area contributed by atoms with Crippen LogP contribution in [0.1, 0.15) is 32.2 Å². The molecule has 3 aromatic rings. The van der Waals surface area contributed by atoms with Crippen molar-refractivity contribution in [1.29, 1.82) is 0 Å². The van der Waals surface area contributed by atoms with Gasteiger partial charge in [0.15, 0.2) is 0 Å². The molecule has 38 heavy (non-hydrogen) atoms.